The molecule has 2 aromatic carbocycles. The van der Waals surface area contributed by atoms with Gasteiger partial charge in [0.15, 0.2) is 5.78 Å². The molecule has 0 radical (unpaired) electrons. The molecule has 7 heteroatoms. The van der Waals surface area contributed by atoms with E-state index < -0.39 is 5.97 Å². The fourth-order valence-electron chi connectivity index (χ4n) is 4.30. The third-order valence-electron chi connectivity index (χ3n) is 5.90. The molecule has 7 nitrogen and oxygen atoms in total. The number of methoxy groups -OCH3 is 2. The maximum absolute atomic E-state index is 13.0. The van der Waals surface area contributed by atoms with Gasteiger partial charge in [-0.25, -0.2) is 4.79 Å². The van der Waals surface area contributed by atoms with Crippen molar-refractivity contribution in [3.8, 4) is 17.2 Å². The molecular weight excluding hydrogens is 422 g/mol. The first kappa shape index (κ1) is 22.5. The summed E-state index contributed by atoms with van der Waals surface area (Å²) in [4.78, 5) is 28.9. The molecule has 3 aromatic rings. The van der Waals surface area contributed by atoms with Crippen molar-refractivity contribution in [2.75, 3.05) is 27.4 Å². The van der Waals surface area contributed by atoms with Crippen LogP contribution in [0.3, 0.4) is 0 Å². The highest BCUT2D eigenvalue weighted by Gasteiger charge is 2.33. The van der Waals surface area contributed by atoms with Gasteiger partial charge in [-0.2, -0.15) is 0 Å². The van der Waals surface area contributed by atoms with Crippen molar-refractivity contribution in [2.24, 2.45) is 0 Å². The lowest BCUT2D eigenvalue weighted by atomic mass is 9.81. The number of Topliss-reactive ketones (excluding diaryl/α,β-unsaturated/α-hetero) is 1. The first-order valence-electron chi connectivity index (χ1n) is 10.8. The Morgan fingerprint density at radius 2 is 1.79 bits per heavy atom. The summed E-state index contributed by atoms with van der Waals surface area (Å²) >= 11 is 0. The smallest absolute Gasteiger partial charge is 0.355 e. The molecule has 1 heterocycles. The van der Waals surface area contributed by atoms with E-state index in [-0.39, 0.29) is 24.9 Å². The molecule has 0 fully saturated rings. The minimum absolute atomic E-state index is 0.00802. The van der Waals surface area contributed by atoms with Crippen molar-refractivity contribution in [2.45, 2.75) is 25.7 Å². The molecule has 0 amide bonds. The zero-order chi connectivity index (χ0) is 23.4. The predicted octanol–water partition coefficient (Wildman–Crippen LogP) is 4.49. The van der Waals surface area contributed by atoms with E-state index in [0.717, 1.165) is 11.3 Å². The number of ether oxygens (including phenoxy) is 4. The van der Waals surface area contributed by atoms with Crippen LogP contribution >= 0.6 is 0 Å². The van der Waals surface area contributed by atoms with Gasteiger partial charge >= 0.3 is 5.97 Å². The van der Waals surface area contributed by atoms with Crippen LogP contribution in [0, 0.1) is 6.92 Å². The molecule has 172 valence electrons. The minimum atomic E-state index is -0.498. The normalized spacial score (nSPS) is 15.0. The second-order valence-electron chi connectivity index (χ2n) is 7.91. The van der Waals surface area contributed by atoms with E-state index in [0.29, 0.717) is 46.9 Å². The molecule has 0 bridgehead atoms. The fraction of sp³-hybridized carbons (Fsp3) is 0.308. The largest absolute Gasteiger partial charge is 0.497 e. The highest BCUT2D eigenvalue weighted by Crippen LogP contribution is 2.40. The number of aromatic nitrogens is 1. The average molecular weight is 450 g/mol. The summed E-state index contributed by atoms with van der Waals surface area (Å²) in [6.45, 7) is 2.12. The number of carbonyl (C=O) groups is 2. The second kappa shape index (κ2) is 9.81. The molecule has 0 unspecified atom stereocenters. The zero-order valence-electron chi connectivity index (χ0n) is 19.0. The Morgan fingerprint density at radius 3 is 2.52 bits per heavy atom. The number of hydrogen-bond donors (Lipinski definition) is 1. The topological polar surface area (TPSA) is 86.9 Å². The number of aromatic amines is 1. The van der Waals surface area contributed by atoms with Gasteiger partial charge in [0.2, 0.25) is 0 Å². The van der Waals surface area contributed by atoms with Crippen molar-refractivity contribution in [3.63, 3.8) is 0 Å². The molecule has 1 aromatic heterocycles. The number of rotatable bonds is 8. The Hall–Kier alpha value is -3.74. The molecule has 0 saturated carbocycles. The summed E-state index contributed by atoms with van der Waals surface area (Å²) < 4.78 is 21.8. The number of ketones is 1. The minimum Gasteiger partial charge on any atom is -0.497 e. The summed E-state index contributed by atoms with van der Waals surface area (Å²) in [5, 5.41) is 0. The highest BCUT2D eigenvalue weighted by molar-refractivity contribution is 6.03. The maximum atomic E-state index is 13.0. The Labute approximate surface area is 192 Å². The number of nitrogens with one attached hydrogen (secondary N) is 1. The first-order valence-corrected chi connectivity index (χ1v) is 10.8. The number of hydrogen-bond acceptors (Lipinski definition) is 6. The molecular formula is C26H27NO6. The molecule has 33 heavy (non-hydrogen) atoms. The number of fused-ring (bicyclic) bond motifs is 1. The van der Waals surface area contributed by atoms with Crippen LogP contribution in [-0.2, 0) is 11.2 Å². The van der Waals surface area contributed by atoms with E-state index in [4.69, 9.17) is 18.9 Å². The number of benzene rings is 2. The molecule has 0 aliphatic heterocycles. The van der Waals surface area contributed by atoms with Crippen LogP contribution in [0.15, 0.2) is 48.5 Å². The summed E-state index contributed by atoms with van der Waals surface area (Å²) in [6.07, 6.45) is 0.907. The summed E-state index contributed by atoms with van der Waals surface area (Å²) in [7, 11) is 3.21. The van der Waals surface area contributed by atoms with Gasteiger partial charge in [-0.1, -0.05) is 18.2 Å². The molecule has 1 aliphatic carbocycles. The van der Waals surface area contributed by atoms with Gasteiger partial charge in [-0.05, 0) is 49.2 Å². The number of H-pyrrole nitrogens is 1. The molecule has 0 spiro atoms. The van der Waals surface area contributed by atoms with Gasteiger partial charge in [0.1, 0.15) is 36.2 Å². The van der Waals surface area contributed by atoms with Crippen molar-refractivity contribution >= 4 is 11.8 Å². The Balaban J connectivity index is 1.47. The lowest BCUT2D eigenvalue weighted by molar-refractivity contribution is 0.0443. The molecule has 4 rings (SSSR count). The van der Waals surface area contributed by atoms with Gasteiger partial charge < -0.3 is 23.9 Å². The van der Waals surface area contributed by atoms with Crippen molar-refractivity contribution in [3.05, 3.63) is 76.6 Å². The Bertz CT molecular complexity index is 1150. The van der Waals surface area contributed by atoms with E-state index >= 15 is 0 Å². The average Bonchev–Trinajstić information content (AvgIpc) is 3.18. The highest BCUT2D eigenvalue weighted by atomic mass is 16.6. The van der Waals surface area contributed by atoms with E-state index in [9.17, 15) is 9.59 Å². The SMILES string of the molecule is COc1ccc(OC)c([C@H]2CC(=O)c3c([nH]c(C(=O)OCCOc4ccccc4)c3C)C2)c1. The van der Waals surface area contributed by atoms with Crippen LogP contribution in [0.1, 0.15) is 50.0 Å². The van der Waals surface area contributed by atoms with E-state index in [1.807, 2.05) is 48.5 Å². The molecule has 0 saturated heterocycles. The fourth-order valence-corrected chi connectivity index (χ4v) is 4.30. The number of esters is 1. The van der Waals surface area contributed by atoms with Gasteiger partial charge in [0.25, 0.3) is 0 Å². The number of para-hydroxylation sites is 1. The zero-order valence-corrected chi connectivity index (χ0v) is 19.0. The lowest BCUT2D eigenvalue weighted by Gasteiger charge is -2.24. The van der Waals surface area contributed by atoms with Gasteiger partial charge in [0, 0.05) is 29.2 Å². The third-order valence-corrected chi connectivity index (χ3v) is 5.90. The third kappa shape index (κ3) is 4.72. The van der Waals surface area contributed by atoms with Crippen LogP contribution in [0.2, 0.25) is 0 Å². The van der Waals surface area contributed by atoms with Gasteiger partial charge in [0.05, 0.1) is 14.2 Å². The van der Waals surface area contributed by atoms with Gasteiger partial charge in [-0.3, -0.25) is 4.79 Å². The Morgan fingerprint density at radius 1 is 1.00 bits per heavy atom. The molecule has 1 aliphatic rings. The second-order valence-corrected chi connectivity index (χ2v) is 7.91. The standard InChI is InChI=1S/C26H27NO6/c1-16-24-21(27-25(16)26(29)33-12-11-32-18-7-5-4-6-8-18)13-17(14-22(24)28)20-15-19(30-2)9-10-23(20)31-3/h4-10,15,17,27H,11-14H2,1-3H3/t17-/m1/s1. The van der Waals surface area contributed by atoms with E-state index in [2.05, 4.69) is 4.98 Å². The van der Waals surface area contributed by atoms with E-state index in [1.165, 1.54) is 0 Å². The quantitative estimate of drug-likeness (QED) is 0.403. The van der Waals surface area contributed by atoms with Crippen LogP contribution in [-0.4, -0.2) is 44.2 Å². The Kier molecular flexibility index (Phi) is 6.68. The summed E-state index contributed by atoms with van der Waals surface area (Å²) in [5.74, 6) is 1.53. The maximum Gasteiger partial charge on any atom is 0.355 e. The first-order chi connectivity index (χ1) is 16.0. The van der Waals surface area contributed by atoms with Crippen LogP contribution < -0.4 is 14.2 Å². The summed E-state index contributed by atoms with van der Waals surface area (Å²) in [6, 6.07) is 14.9. The predicted molar refractivity (Wildman–Crippen MR) is 123 cm³/mol. The van der Waals surface area contributed by atoms with Crippen molar-refractivity contribution in [1.82, 2.24) is 4.98 Å². The van der Waals surface area contributed by atoms with E-state index in [1.54, 1.807) is 21.1 Å². The lowest BCUT2D eigenvalue weighted by Crippen LogP contribution is -2.19. The van der Waals surface area contributed by atoms with Crippen molar-refractivity contribution in [1.29, 1.82) is 0 Å². The van der Waals surface area contributed by atoms with Crippen LogP contribution in [0.25, 0.3) is 0 Å². The summed E-state index contributed by atoms with van der Waals surface area (Å²) in [5.41, 5.74) is 3.17. The van der Waals surface area contributed by atoms with Gasteiger partial charge in [-0.15, -0.1) is 0 Å². The molecule has 1 atom stereocenters. The van der Waals surface area contributed by atoms with Crippen molar-refractivity contribution < 1.29 is 28.5 Å². The van der Waals surface area contributed by atoms with Crippen LogP contribution in [0.5, 0.6) is 17.2 Å². The number of carbonyl (C=O) groups excluding carboxylic acids is 2. The molecule has 1 N–H and O–H groups in total. The van der Waals surface area contributed by atoms with Crippen LogP contribution in [0.4, 0.5) is 0 Å². The monoisotopic (exact) mass is 449 g/mol.